The Labute approximate surface area is 188 Å². The highest BCUT2D eigenvalue weighted by molar-refractivity contribution is 7.99. The number of fused-ring (bicyclic) bond motifs is 1. The van der Waals surface area contributed by atoms with Crippen molar-refractivity contribution in [1.82, 2.24) is 4.98 Å². The van der Waals surface area contributed by atoms with Crippen LogP contribution >= 0.6 is 34.9 Å². The average Bonchev–Trinajstić information content (AvgIpc) is 3.44. The lowest BCUT2D eigenvalue weighted by atomic mass is 10.3. The highest BCUT2D eigenvalue weighted by atomic mass is 32.2. The topological polar surface area (TPSA) is 46.3 Å². The fraction of sp³-hybridized carbons (Fsp3) is 0.217. The van der Waals surface area contributed by atoms with Crippen LogP contribution in [0.2, 0.25) is 0 Å². The number of anilines is 1. The Kier molecular flexibility index (Phi) is 7.15. The Hall–Kier alpha value is -2.22. The van der Waals surface area contributed by atoms with E-state index in [2.05, 4.69) is 30.5 Å². The Morgan fingerprint density at radius 2 is 1.97 bits per heavy atom. The van der Waals surface area contributed by atoms with Gasteiger partial charge in [0.1, 0.15) is 5.76 Å². The van der Waals surface area contributed by atoms with Gasteiger partial charge in [-0.3, -0.25) is 9.69 Å². The molecule has 0 aliphatic rings. The molecule has 2 aromatic heterocycles. The Balaban J connectivity index is 1.47. The van der Waals surface area contributed by atoms with Gasteiger partial charge in [-0.1, -0.05) is 29.5 Å². The minimum atomic E-state index is 0.0733. The third kappa shape index (κ3) is 5.28. The van der Waals surface area contributed by atoms with Gasteiger partial charge >= 0.3 is 0 Å². The van der Waals surface area contributed by atoms with Gasteiger partial charge in [-0.2, -0.15) is 0 Å². The van der Waals surface area contributed by atoms with Gasteiger partial charge in [-0.15, -0.1) is 23.5 Å². The van der Waals surface area contributed by atoms with E-state index in [4.69, 9.17) is 9.40 Å². The number of benzene rings is 2. The van der Waals surface area contributed by atoms with Crippen LogP contribution in [0.4, 0.5) is 5.13 Å². The van der Waals surface area contributed by atoms with Crippen LogP contribution in [0.15, 0.2) is 81.1 Å². The van der Waals surface area contributed by atoms with Crippen molar-refractivity contribution >= 4 is 56.1 Å². The third-order valence-corrected chi connectivity index (χ3v) is 7.42. The van der Waals surface area contributed by atoms with E-state index >= 15 is 0 Å². The van der Waals surface area contributed by atoms with E-state index in [0.717, 1.165) is 33.3 Å². The summed E-state index contributed by atoms with van der Waals surface area (Å²) in [7, 11) is 0. The van der Waals surface area contributed by atoms with Crippen molar-refractivity contribution in [2.75, 3.05) is 16.9 Å². The van der Waals surface area contributed by atoms with E-state index < -0.39 is 0 Å². The summed E-state index contributed by atoms with van der Waals surface area (Å²) < 4.78 is 6.60. The van der Waals surface area contributed by atoms with E-state index in [1.807, 2.05) is 36.4 Å². The molecule has 0 radical (unpaired) electrons. The average molecular weight is 455 g/mol. The quantitative estimate of drug-likeness (QED) is 0.208. The highest BCUT2D eigenvalue weighted by Gasteiger charge is 2.21. The lowest BCUT2D eigenvalue weighted by Crippen LogP contribution is -2.30. The standard InChI is InChI=1S/C23H22N2O2S3/c1-28-19-11-12-20-21(15-19)30-23(24-20)25(16-17-7-5-13-27-17)22(26)10-6-14-29-18-8-3-2-4-9-18/h2-5,7-9,11-13,15H,6,10,14,16H2,1H3. The molecule has 0 saturated heterocycles. The molecule has 7 heteroatoms. The molecule has 0 aliphatic heterocycles. The molecule has 0 saturated carbocycles. The molecule has 0 spiro atoms. The Morgan fingerprint density at radius 1 is 1.10 bits per heavy atom. The molecule has 0 bridgehead atoms. The molecule has 2 heterocycles. The molecule has 0 N–H and O–H groups in total. The van der Waals surface area contributed by atoms with E-state index in [0.29, 0.717) is 13.0 Å². The number of rotatable bonds is 9. The second-order valence-corrected chi connectivity index (χ2v) is 9.71. The molecule has 0 fully saturated rings. The molecule has 30 heavy (non-hydrogen) atoms. The zero-order valence-corrected chi connectivity index (χ0v) is 19.1. The van der Waals surface area contributed by atoms with Gasteiger partial charge in [0.2, 0.25) is 5.91 Å². The Morgan fingerprint density at radius 3 is 2.73 bits per heavy atom. The van der Waals surface area contributed by atoms with Gasteiger partial charge < -0.3 is 4.42 Å². The molecular weight excluding hydrogens is 432 g/mol. The molecule has 1 amide bonds. The zero-order chi connectivity index (χ0) is 20.8. The van der Waals surface area contributed by atoms with Gasteiger partial charge in [-0.05, 0) is 60.9 Å². The monoisotopic (exact) mass is 454 g/mol. The molecule has 154 valence electrons. The molecule has 4 aromatic rings. The summed E-state index contributed by atoms with van der Waals surface area (Å²) in [5, 5.41) is 0.723. The molecular formula is C23H22N2O2S3. The molecule has 0 unspecified atom stereocenters. The van der Waals surface area contributed by atoms with Crippen LogP contribution in [0.1, 0.15) is 18.6 Å². The number of thioether (sulfide) groups is 2. The highest BCUT2D eigenvalue weighted by Crippen LogP contribution is 2.33. The number of carbonyl (C=O) groups is 1. The lowest BCUT2D eigenvalue weighted by molar-refractivity contribution is -0.118. The van der Waals surface area contributed by atoms with E-state index in [9.17, 15) is 4.79 Å². The van der Waals surface area contributed by atoms with Crippen LogP contribution in [-0.2, 0) is 11.3 Å². The minimum Gasteiger partial charge on any atom is -0.467 e. The predicted molar refractivity (Wildman–Crippen MR) is 128 cm³/mol. The van der Waals surface area contributed by atoms with Gasteiger partial charge in [-0.25, -0.2) is 4.98 Å². The smallest absolute Gasteiger partial charge is 0.229 e. The molecule has 4 rings (SSSR count). The number of aromatic nitrogens is 1. The van der Waals surface area contributed by atoms with Crippen molar-refractivity contribution in [3.05, 3.63) is 72.7 Å². The number of hydrogen-bond donors (Lipinski definition) is 0. The first kappa shape index (κ1) is 21.0. The normalized spacial score (nSPS) is 11.1. The number of hydrogen-bond acceptors (Lipinski definition) is 6. The van der Waals surface area contributed by atoms with Crippen molar-refractivity contribution in [3.8, 4) is 0 Å². The van der Waals surface area contributed by atoms with Gasteiger partial charge in [0.05, 0.1) is 23.0 Å². The largest absolute Gasteiger partial charge is 0.467 e. The summed E-state index contributed by atoms with van der Waals surface area (Å²) in [5.74, 6) is 1.73. The van der Waals surface area contributed by atoms with Crippen molar-refractivity contribution in [1.29, 1.82) is 0 Å². The van der Waals surface area contributed by atoms with Crippen LogP contribution in [0, 0.1) is 0 Å². The van der Waals surface area contributed by atoms with Gasteiger partial charge in [0.25, 0.3) is 0 Å². The minimum absolute atomic E-state index is 0.0733. The zero-order valence-electron chi connectivity index (χ0n) is 16.6. The molecule has 0 aliphatic carbocycles. The van der Waals surface area contributed by atoms with Gasteiger partial charge in [0, 0.05) is 16.2 Å². The van der Waals surface area contributed by atoms with E-state index in [1.165, 1.54) is 9.79 Å². The second kappa shape index (κ2) is 10.2. The van der Waals surface area contributed by atoms with Crippen LogP contribution in [-0.4, -0.2) is 22.9 Å². The first-order valence-corrected chi connectivity index (χ1v) is 12.7. The number of nitrogens with zero attached hydrogens (tertiary/aromatic N) is 2. The first-order valence-electron chi connectivity index (χ1n) is 9.68. The van der Waals surface area contributed by atoms with Crippen molar-refractivity contribution in [3.63, 3.8) is 0 Å². The third-order valence-electron chi connectivity index (χ3n) is 4.56. The maximum absolute atomic E-state index is 13.1. The first-order chi connectivity index (χ1) is 14.7. The van der Waals surface area contributed by atoms with E-state index in [-0.39, 0.29) is 5.91 Å². The number of carbonyl (C=O) groups excluding carboxylic acids is 1. The maximum atomic E-state index is 13.1. The van der Waals surface area contributed by atoms with Crippen molar-refractivity contribution in [2.45, 2.75) is 29.2 Å². The van der Waals surface area contributed by atoms with Crippen LogP contribution < -0.4 is 4.90 Å². The summed E-state index contributed by atoms with van der Waals surface area (Å²) in [4.78, 5) is 22.0. The Bertz CT molecular complexity index is 1090. The number of amides is 1. The molecule has 2 aromatic carbocycles. The van der Waals surface area contributed by atoms with E-state index in [1.54, 1.807) is 46.0 Å². The van der Waals surface area contributed by atoms with Crippen molar-refractivity contribution in [2.24, 2.45) is 0 Å². The van der Waals surface area contributed by atoms with Crippen LogP contribution in [0.5, 0.6) is 0 Å². The molecule has 0 atom stereocenters. The summed E-state index contributed by atoms with van der Waals surface area (Å²) in [6.07, 6.45) is 4.99. The SMILES string of the molecule is CSc1ccc2nc(N(Cc3ccco3)C(=O)CCCSc3ccccc3)sc2c1. The molecule has 4 nitrogen and oxygen atoms in total. The lowest BCUT2D eigenvalue weighted by Gasteiger charge is -2.18. The summed E-state index contributed by atoms with van der Waals surface area (Å²) in [5.41, 5.74) is 0.921. The second-order valence-electron chi connectivity index (χ2n) is 6.65. The van der Waals surface area contributed by atoms with Gasteiger partial charge in [0.15, 0.2) is 5.13 Å². The summed E-state index contributed by atoms with van der Waals surface area (Å²) >= 11 is 5.04. The fourth-order valence-corrected chi connectivity index (χ4v) is 5.43. The summed E-state index contributed by atoms with van der Waals surface area (Å²) in [6, 6.07) is 20.2. The number of thiazole rings is 1. The van der Waals surface area contributed by atoms with Crippen molar-refractivity contribution < 1.29 is 9.21 Å². The predicted octanol–water partition coefficient (Wildman–Crippen LogP) is 6.72. The number of furan rings is 1. The maximum Gasteiger partial charge on any atom is 0.229 e. The van der Waals surface area contributed by atoms with Crippen LogP contribution in [0.3, 0.4) is 0 Å². The summed E-state index contributed by atoms with van der Waals surface area (Å²) in [6.45, 7) is 0.396. The fourth-order valence-electron chi connectivity index (χ4n) is 3.02. The van der Waals surface area contributed by atoms with Crippen LogP contribution in [0.25, 0.3) is 10.2 Å².